The highest BCUT2D eigenvalue weighted by atomic mass is 19.3. The predicted octanol–water partition coefficient (Wildman–Crippen LogP) is 2.91. The number of hydrogen-bond acceptors (Lipinski definition) is 2. The second kappa shape index (κ2) is 3.06. The van der Waals surface area contributed by atoms with Crippen LogP contribution in [-0.2, 0) is 11.5 Å². The van der Waals surface area contributed by atoms with Gasteiger partial charge < -0.3 is 4.90 Å². The fourth-order valence-electron chi connectivity index (χ4n) is 2.99. The van der Waals surface area contributed by atoms with E-state index in [4.69, 9.17) is 0 Å². The highest BCUT2D eigenvalue weighted by Crippen LogP contribution is 2.68. The van der Waals surface area contributed by atoms with E-state index in [0.717, 1.165) is 5.56 Å². The molecule has 18 heavy (non-hydrogen) atoms. The average Bonchev–Trinajstić information content (AvgIpc) is 2.82. The molecule has 0 bridgehead atoms. The lowest BCUT2D eigenvalue weighted by atomic mass is 10.1. The Balaban J connectivity index is 2.26. The van der Waals surface area contributed by atoms with E-state index in [-0.39, 0.29) is 11.6 Å². The van der Waals surface area contributed by atoms with Gasteiger partial charge in [0.15, 0.2) is 5.82 Å². The van der Waals surface area contributed by atoms with Gasteiger partial charge in [-0.2, -0.15) is 13.9 Å². The molecule has 0 N–H and O–H groups in total. The van der Waals surface area contributed by atoms with Crippen LogP contribution in [0.5, 0.6) is 0 Å². The largest absolute Gasteiger partial charge is 0.361 e. The molecule has 0 aromatic carbocycles. The zero-order chi connectivity index (χ0) is 13.5. The molecular weight excluding hydrogens is 236 g/mol. The Hall–Kier alpha value is -1.13. The quantitative estimate of drug-likeness (QED) is 0.769. The summed E-state index contributed by atoms with van der Waals surface area (Å²) in [4.78, 5) is 1.85. The lowest BCUT2D eigenvalue weighted by Gasteiger charge is -2.25. The fourth-order valence-corrected chi connectivity index (χ4v) is 2.99. The van der Waals surface area contributed by atoms with E-state index in [0.29, 0.717) is 12.2 Å². The van der Waals surface area contributed by atoms with Crippen LogP contribution >= 0.6 is 0 Å². The van der Waals surface area contributed by atoms with E-state index in [2.05, 4.69) is 5.10 Å². The molecule has 1 saturated carbocycles. The number of aromatic nitrogens is 2. The van der Waals surface area contributed by atoms with E-state index in [1.807, 2.05) is 39.8 Å². The van der Waals surface area contributed by atoms with Crippen molar-refractivity contribution in [3.8, 4) is 0 Å². The summed E-state index contributed by atoms with van der Waals surface area (Å²) in [6.45, 7) is 5.75. The topological polar surface area (TPSA) is 21.1 Å². The number of rotatable bonds is 1. The number of anilines is 1. The molecule has 1 fully saturated rings. The SMILES string of the molecule is CN(C)c1nn(C(C)(C)C)c2c1[C@H]1CC1C2(F)F. The first-order chi connectivity index (χ1) is 8.15. The van der Waals surface area contributed by atoms with Gasteiger partial charge in [-0.05, 0) is 33.1 Å². The smallest absolute Gasteiger partial charge is 0.293 e. The van der Waals surface area contributed by atoms with Gasteiger partial charge in [-0.25, -0.2) is 0 Å². The van der Waals surface area contributed by atoms with Crippen LogP contribution in [0, 0.1) is 5.92 Å². The molecule has 1 unspecified atom stereocenters. The third-order valence-corrected chi connectivity index (χ3v) is 3.90. The summed E-state index contributed by atoms with van der Waals surface area (Å²) in [7, 11) is 3.73. The standard InChI is InChI=1S/C13H19F2N3/c1-12(2,3)18-10-9(11(16-18)17(4)5)7-6-8(7)13(10,14)15/h7-8H,6H2,1-5H3/t7-,8?/m0/s1. The zero-order valence-electron chi connectivity index (χ0n) is 11.5. The molecule has 2 aliphatic carbocycles. The van der Waals surface area contributed by atoms with Crippen LogP contribution in [0.2, 0.25) is 0 Å². The third-order valence-electron chi connectivity index (χ3n) is 3.90. The molecule has 3 nitrogen and oxygen atoms in total. The van der Waals surface area contributed by atoms with Crippen molar-refractivity contribution in [1.82, 2.24) is 9.78 Å². The minimum absolute atomic E-state index is 0.0171. The van der Waals surface area contributed by atoms with E-state index in [9.17, 15) is 8.78 Å². The Morgan fingerprint density at radius 3 is 2.44 bits per heavy atom. The molecule has 2 atom stereocenters. The van der Waals surface area contributed by atoms with Crippen molar-refractivity contribution in [3.05, 3.63) is 11.3 Å². The normalized spacial score (nSPS) is 27.9. The molecule has 2 aliphatic rings. The molecule has 1 aromatic heterocycles. The fraction of sp³-hybridized carbons (Fsp3) is 0.769. The van der Waals surface area contributed by atoms with Crippen LogP contribution in [-0.4, -0.2) is 23.9 Å². The molecule has 0 saturated heterocycles. The maximum absolute atomic E-state index is 14.4. The summed E-state index contributed by atoms with van der Waals surface area (Å²) in [5.74, 6) is -2.47. The van der Waals surface area contributed by atoms with Crippen LogP contribution in [0.3, 0.4) is 0 Å². The summed E-state index contributed by atoms with van der Waals surface area (Å²) < 4.78 is 30.3. The molecule has 0 aliphatic heterocycles. The summed E-state index contributed by atoms with van der Waals surface area (Å²) in [5, 5.41) is 4.44. The third kappa shape index (κ3) is 1.30. The molecule has 5 heteroatoms. The molecule has 0 amide bonds. The highest BCUT2D eigenvalue weighted by Gasteiger charge is 2.67. The van der Waals surface area contributed by atoms with E-state index >= 15 is 0 Å². The molecule has 100 valence electrons. The molecule has 1 heterocycles. The van der Waals surface area contributed by atoms with Gasteiger partial charge in [0, 0.05) is 25.6 Å². The van der Waals surface area contributed by atoms with Crippen LogP contribution in [0.15, 0.2) is 0 Å². The Bertz CT molecular complexity index is 511. The maximum Gasteiger partial charge on any atom is 0.293 e. The molecule has 0 spiro atoms. The van der Waals surface area contributed by atoms with Crippen LogP contribution in [0.1, 0.15) is 44.4 Å². The van der Waals surface area contributed by atoms with Gasteiger partial charge in [0.1, 0.15) is 5.69 Å². The van der Waals surface area contributed by atoms with Gasteiger partial charge in [-0.1, -0.05) is 0 Å². The van der Waals surface area contributed by atoms with E-state index in [1.165, 1.54) is 4.68 Å². The van der Waals surface area contributed by atoms with Gasteiger partial charge in [0.05, 0.1) is 5.54 Å². The van der Waals surface area contributed by atoms with Crippen molar-refractivity contribution >= 4 is 5.82 Å². The summed E-state index contributed by atoms with van der Waals surface area (Å²) in [5.41, 5.74) is 0.517. The Labute approximate surface area is 106 Å². The first kappa shape index (κ1) is 11.9. The minimum Gasteiger partial charge on any atom is -0.361 e. The molecule has 1 aromatic rings. The van der Waals surface area contributed by atoms with E-state index < -0.39 is 17.4 Å². The summed E-state index contributed by atoms with van der Waals surface area (Å²) >= 11 is 0. The lowest BCUT2D eigenvalue weighted by molar-refractivity contribution is -0.0342. The second-order valence-corrected chi connectivity index (χ2v) is 6.63. The number of fused-ring (bicyclic) bond motifs is 3. The molecule has 3 rings (SSSR count). The number of hydrogen-bond donors (Lipinski definition) is 0. The van der Waals surface area contributed by atoms with Gasteiger partial charge >= 0.3 is 0 Å². The number of alkyl halides is 2. The van der Waals surface area contributed by atoms with Gasteiger partial charge in [0.2, 0.25) is 0 Å². The minimum atomic E-state index is -2.71. The van der Waals surface area contributed by atoms with Gasteiger partial charge in [-0.3, -0.25) is 4.68 Å². The van der Waals surface area contributed by atoms with Crippen LogP contribution < -0.4 is 4.90 Å². The molecule has 0 radical (unpaired) electrons. The van der Waals surface area contributed by atoms with Crippen molar-refractivity contribution in [1.29, 1.82) is 0 Å². The Morgan fingerprint density at radius 1 is 1.33 bits per heavy atom. The van der Waals surface area contributed by atoms with E-state index in [1.54, 1.807) is 0 Å². The highest BCUT2D eigenvalue weighted by molar-refractivity contribution is 5.58. The van der Waals surface area contributed by atoms with Crippen LogP contribution in [0.25, 0.3) is 0 Å². The van der Waals surface area contributed by atoms with Crippen LogP contribution in [0.4, 0.5) is 14.6 Å². The number of halogens is 2. The average molecular weight is 255 g/mol. The van der Waals surface area contributed by atoms with Gasteiger partial charge in [-0.15, -0.1) is 0 Å². The first-order valence-corrected chi connectivity index (χ1v) is 6.34. The zero-order valence-corrected chi connectivity index (χ0v) is 11.5. The maximum atomic E-state index is 14.4. The number of nitrogens with zero attached hydrogens (tertiary/aromatic N) is 3. The first-order valence-electron chi connectivity index (χ1n) is 6.34. The van der Waals surface area contributed by atoms with Crippen molar-refractivity contribution < 1.29 is 8.78 Å². The second-order valence-electron chi connectivity index (χ2n) is 6.63. The van der Waals surface area contributed by atoms with Gasteiger partial charge in [0.25, 0.3) is 5.92 Å². The molecular formula is C13H19F2N3. The predicted molar refractivity (Wildman–Crippen MR) is 66.3 cm³/mol. The lowest BCUT2D eigenvalue weighted by Crippen LogP contribution is -2.30. The van der Waals surface area contributed by atoms with Crippen molar-refractivity contribution in [2.24, 2.45) is 5.92 Å². The monoisotopic (exact) mass is 255 g/mol. The summed E-state index contributed by atoms with van der Waals surface area (Å²) in [6.07, 6.45) is 0.608. The van der Waals surface area contributed by atoms with Crippen molar-refractivity contribution in [2.75, 3.05) is 19.0 Å². The Kier molecular flexibility index (Phi) is 2.03. The van der Waals surface area contributed by atoms with Crippen molar-refractivity contribution in [2.45, 2.75) is 44.6 Å². The Morgan fingerprint density at radius 2 is 1.94 bits per heavy atom. The summed E-state index contributed by atoms with van der Waals surface area (Å²) in [6, 6.07) is 0. The van der Waals surface area contributed by atoms with Crippen molar-refractivity contribution in [3.63, 3.8) is 0 Å².